The van der Waals surface area contributed by atoms with E-state index in [0.29, 0.717) is 23.7 Å². The van der Waals surface area contributed by atoms with Gasteiger partial charge in [0.1, 0.15) is 0 Å². The summed E-state index contributed by atoms with van der Waals surface area (Å²) in [7, 11) is 1.58. The number of carbonyl (C=O) groups excluding carboxylic acids is 1. The molecule has 0 fully saturated rings. The first kappa shape index (κ1) is 16.5. The molecule has 0 bridgehead atoms. The van der Waals surface area contributed by atoms with Crippen molar-refractivity contribution in [1.29, 1.82) is 0 Å². The summed E-state index contributed by atoms with van der Waals surface area (Å²) in [5.41, 5.74) is 4.91. The molecule has 0 radical (unpaired) electrons. The third-order valence-corrected chi connectivity index (χ3v) is 3.15. The quantitative estimate of drug-likeness (QED) is 0.658. The minimum Gasteiger partial charge on any atom is -0.493 e. The fourth-order valence-electron chi connectivity index (χ4n) is 2.06. The lowest BCUT2D eigenvalue weighted by molar-refractivity contribution is 0.0955. The standard InChI is InChI=1S/C18H20N2O3/c1-4-23-16-9-8-14(11-17(16)22-3)12-19-20-18(21)15-7-5-6-13(2)10-15/h5-12H,4H2,1-3H3,(H,20,21)/b19-12-. The van der Waals surface area contributed by atoms with Gasteiger partial charge in [-0.3, -0.25) is 4.79 Å². The van der Waals surface area contributed by atoms with E-state index in [-0.39, 0.29) is 5.91 Å². The van der Waals surface area contributed by atoms with Gasteiger partial charge in [-0.05, 0) is 49.7 Å². The number of carbonyl (C=O) groups is 1. The van der Waals surface area contributed by atoms with Crippen LogP contribution >= 0.6 is 0 Å². The number of amides is 1. The molecule has 0 aliphatic heterocycles. The summed E-state index contributed by atoms with van der Waals surface area (Å²) in [4.78, 5) is 12.0. The maximum atomic E-state index is 12.0. The monoisotopic (exact) mass is 312 g/mol. The first-order chi connectivity index (χ1) is 11.1. The van der Waals surface area contributed by atoms with Gasteiger partial charge in [0.2, 0.25) is 0 Å². The van der Waals surface area contributed by atoms with Crippen LogP contribution in [-0.4, -0.2) is 25.8 Å². The van der Waals surface area contributed by atoms with Crippen LogP contribution < -0.4 is 14.9 Å². The predicted octanol–water partition coefficient (Wildman–Crippen LogP) is 3.17. The van der Waals surface area contributed by atoms with Crippen molar-refractivity contribution >= 4 is 12.1 Å². The van der Waals surface area contributed by atoms with Crippen molar-refractivity contribution in [2.75, 3.05) is 13.7 Å². The molecule has 0 heterocycles. The van der Waals surface area contributed by atoms with Crippen molar-refractivity contribution in [1.82, 2.24) is 5.43 Å². The van der Waals surface area contributed by atoms with Gasteiger partial charge in [-0.1, -0.05) is 17.7 Å². The second-order valence-electron chi connectivity index (χ2n) is 4.91. The highest BCUT2D eigenvalue weighted by atomic mass is 16.5. The smallest absolute Gasteiger partial charge is 0.271 e. The molecule has 120 valence electrons. The van der Waals surface area contributed by atoms with Crippen LogP contribution in [0.25, 0.3) is 0 Å². The van der Waals surface area contributed by atoms with Crippen molar-refractivity contribution in [2.24, 2.45) is 5.10 Å². The highest BCUT2D eigenvalue weighted by Gasteiger charge is 2.05. The predicted molar refractivity (Wildman–Crippen MR) is 90.4 cm³/mol. The molecule has 0 atom stereocenters. The molecule has 5 nitrogen and oxygen atoms in total. The van der Waals surface area contributed by atoms with Crippen molar-refractivity contribution in [2.45, 2.75) is 13.8 Å². The second-order valence-corrected chi connectivity index (χ2v) is 4.91. The van der Waals surface area contributed by atoms with Gasteiger partial charge < -0.3 is 9.47 Å². The Bertz CT molecular complexity index is 711. The SMILES string of the molecule is CCOc1ccc(/C=N\NC(=O)c2cccc(C)c2)cc1OC. The molecule has 0 spiro atoms. The van der Waals surface area contributed by atoms with E-state index >= 15 is 0 Å². The van der Waals surface area contributed by atoms with Crippen molar-refractivity contribution in [3.63, 3.8) is 0 Å². The first-order valence-corrected chi connectivity index (χ1v) is 7.35. The van der Waals surface area contributed by atoms with E-state index in [2.05, 4.69) is 10.5 Å². The molecule has 1 amide bonds. The Balaban J connectivity index is 2.04. The Labute approximate surface area is 135 Å². The molecule has 0 aliphatic rings. The highest BCUT2D eigenvalue weighted by molar-refractivity contribution is 5.95. The van der Waals surface area contributed by atoms with Crippen molar-refractivity contribution < 1.29 is 14.3 Å². The van der Waals surface area contributed by atoms with Crippen LogP contribution in [0.15, 0.2) is 47.6 Å². The average Bonchev–Trinajstić information content (AvgIpc) is 2.56. The zero-order valence-electron chi connectivity index (χ0n) is 13.5. The number of benzene rings is 2. The summed E-state index contributed by atoms with van der Waals surface area (Å²) in [6, 6.07) is 12.8. The van der Waals surface area contributed by atoms with E-state index in [0.717, 1.165) is 11.1 Å². The van der Waals surface area contributed by atoms with Gasteiger partial charge in [0.05, 0.1) is 19.9 Å². The number of hydrogen-bond acceptors (Lipinski definition) is 4. The van der Waals surface area contributed by atoms with E-state index in [1.165, 1.54) is 0 Å². The molecule has 23 heavy (non-hydrogen) atoms. The zero-order valence-corrected chi connectivity index (χ0v) is 13.5. The van der Waals surface area contributed by atoms with Gasteiger partial charge in [0, 0.05) is 5.56 Å². The van der Waals surface area contributed by atoms with Crippen molar-refractivity contribution in [3.8, 4) is 11.5 Å². The Morgan fingerprint density at radius 3 is 2.74 bits per heavy atom. The number of ether oxygens (including phenoxy) is 2. The van der Waals surface area contributed by atoms with Crippen molar-refractivity contribution in [3.05, 3.63) is 59.2 Å². The minimum absolute atomic E-state index is 0.247. The summed E-state index contributed by atoms with van der Waals surface area (Å²) in [6.07, 6.45) is 1.56. The molecule has 1 N–H and O–H groups in total. The van der Waals surface area contributed by atoms with Crippen LogP contribution in [0.4, 0.5) is 0 Å². The summed E-state index contributed by atoms with van der Waals surface area (Å²) in [5, 5.41) is 3.98. The van der Waals surface area contributed by atoms with Gasteiger partial charge in [0.25, 0.3) is 5.91 Å². The van der Waals surface area contributed by atoms with Gasteiger partial charge in [-0.2, -0.15) is 5.10 Å². The number of aryl methyl sites for hydroxylation is 1. The number of nitrogens with zero attached hydrogens (tertiary/aromatic N) is 1. The van der Waals surface area contributed by atoms with E-state index < -0.39 is 0 Å². The number of methoxy groups -OCH3 is 1. The van der Waals surface area contributed by atoms with Crippen LogP contribution in [0.3, 0.4) is 0 Å². The van der Waals surface area contributed by atoms with Crippen LogP contribution in [0.5, 0.6) is 11.5 Å². The number of hydrazone groups is 1. The maximum absolute atomic E-state index is 12.0. The summed E-state index contributed by atoms with van der Waals surface area (Å²) in [5.74, 6) is 1.06. The molecule has 2 rings (SSSR count). The fraction of sp³-hybridized carbons (Fsp3) is 0.222. The Hall–Kier alpha value is -2.82. The molecule has 2 aromatic carbocycles. The van der Waals surface area contributed by atoms with Crippen LogP contribution in [0.1, 0.15) is 28.4 Å². The van der Waals surface area contributed by atoms with Crippen LogP contribution in [-0.2, 0) is 0 Å². The summed E-state index contributed by atoms with van der Waals surface area (Å²) in [6.45, 7) is 4.41. The number of hydrogen-bond donors (Lipinski definition) is 1. The highest BCUT2D eigenvalue weighted by Crippen LogP contribution is 2.27. The van der Waals surface area contributed by atoms with Crippen LogP contribution in [0, 0.1) is 6.92 Å². The van der Waals surface area contributed by atoms with Gasteiger partial charge in [-0.15, -0.1) is 0 Å². The van der Waals surface area contributed by atoms with E-state index in [9.17, 15) is 4.79 Å². The lowest BCUT2D eigenvalue weighted by atomic mass is 10.1. The molecule has 2 aromatic rings. The normalized spacial score (nSPS) is 10.6. The van der Waals surface area contributed by atoms with Crippen LogP contribution in [0.2, 0.25) is 0 Å². The summed E-state index contributed by atoms with van der Waals surface area (Å²) >= 11 is 0. The van der Waals surface area contributed by atoms with E-state index in [1.54, 1.807) is 25.5 Å². The molecular weight excluding hydrogens is 292 g/mol. The lowest BCUT2D eigenvalue weighted by Crippen LogP contribution is -2.17. The maximum Gasteiger partial charge on any atom is 0.271 e. The third-order valence-electron chi connectivity index (χ3n) is 3.15. The average molecular weight is 312 g/mol. The zero-order chi connectivity index (χ0) is 16.7. The minimum atomic E-state index is -0.247. The molecule has 0 aliphatic carbocycles. The Morgan fingerprint density at radius 2 is 2.04 bits per heavy atom. The molecule has 0 saturated heterocycles. The first-order valence-electron chi connectivity index (χ1n) is 7.35. The molecule has 0 aromatic heterocycles. The Kier molecular flexibility index (Phi) is 5.74. The number of rotatable bonds is 6. The molecule has 0 unspecified atom stereocenters. The fourth-order valence-corrected chi connectivity index (χ4v) is 2.06. The topological polar surface area (TPSA) is 59.9 Å². The van der Waals surface area contributed by atoms with Gasteiger partial charge in [0.15, 0.2) is 11.5 Å². The number of nitrogens with one attached hydrogen (secondary N) is 1. The molecule has 0 saturated carbocycles. The van der Waals surface area contributed by atoms with Gasteiger partial charge >= 0.3 is 0 Å². The Morgan fingerprint density at radius 1 is 1.22 bits per heavy atom. The van der Waals surface area contributed by atoms with Gasteiger partial charge in [-0.25, -0.2) is 5.43 Å². The second kappa shape index (κ2) is 7.98. The molecule has 5 heteroatoms. The van der Waals surface area contributed by atoms with E-state index in [4.69, 9.17) is 9.47 Å². The largest absolute Gasteiger partial charge is 0.493 e. The third kappa shape index (κ3) is 4.57. The lowest BCUT2D eigenvalue weighted by Gasteiger charge is -2.09. The van der Waals surface area contributed by atoms with E-state index in [1.807, 2.05) is 44.2 Å². The molecular formula is C18H20N2O3. The summed E-state index contributed by atoms with van der Waals surface area (Å²) < 4.78 is 10.7.